The van der Waals surface area contributed by atoms with Crippen LogP contribution in [0.15, 0.2) is 53.3 Å². The van der Waals surface area contributed by atoms with Crippen LogP contribution in [0.4, 0.5) is 37.8 Å². The Morgan fingerprint density at radius 1 is 1.08 bits per heavy atom. The fourth-order valence-electron chi connectivity index (χ4n) is 9.11. The van der Waals surface area contributed by atoms with E-state index in [1.807, 2.05) is 4.90 Å². The smallest absolute Gasteiger partial charge is 0.293 e. The highest BCUT2D eigenvalue weighted by Gasteiger charge is 2.67. The van der Waals surface area contributed by atoms with Gasteiger partial charge in [-0.3, -0.25) is 28.2 Å². The van der Waals surface area contributed by atoms with Crippen molar-refractivity contribution < 1.29 is 44.7 Å². The molecule has 326 valence electrons. The summed E-state index contributed by atoms with van der Waals surface area (Å²) in [5.41, 5.74) is -1.84. The first-order chi connectivity index (χ1) is 29.3. The van der Waals surface area contributed by atoms with Crippen LogP contribution >= 0.6 is 11.6 Å². The van der Waals surface area contributed by atoms with Gasteiger partial charge in [-0.1, -0.05) is 11.6 Å². The first kappa shape index (κ1) is 41.7. The first-order valence-electron chi connectivity index (χ1n) is 19.4. The largest absolute Gasteiger partial charge is 0.394 e. The van der Waals surface area contributed by atoms with Crippen molar-refractivity contribution in [2.45, 2.75) is 62.6 Å². The van der Waals surface area contributed by atoms with Crippen LogP contribution in [-0.2, 0) is 40.8 Å². The number of anilines is 2. The van der Waals surface area contributed by atoms with Crippen LogP contribution in [0.1, 0.15) is 66.0 Å². The number of alkyl halides is 4. The Labute approximate surface area is 353 Å². The van der Waals surface area contributed by atoms with E-state index in [4.69, 9.17) is 16.6 Å². The summed E-state index contributed by atoms with van der Waals surface area (Å²) in [6.07, 6.45) is -1.29. The van der Waals surface area contributed by atoms with E-state index < -0.39 is 87.7 Å². The predicted octanol–water partition coefficient (Wildman–Crippen LogP) is 5.98. The van der Waals surface area contributed by atoms with Crippen LogP contribution in [0.25, 0.3) is 27.5 Å². The zero-order valence-electron chi connectivity index (χ0n) is 32.7. The maximum absolute atomic E-state index is 15.5. The van der Waals surface area contributed by atoms with Crippen LogP contribution in [0.5, 0.6) is 0 Å². The summed E-state index contributed by atoms with van der Waals surface area (Å²) in [5.74, 6) is -9.01. The maximum Gasteiger partial charge on any atom is 0.293 e. The van der Waals surface area contributed by atoms with E-state index in [1.54, 1.807) is 12.1 Å². The number of carbonyl (C=O) groups excluding carboxylic acids is 1. The monoisotopic (exact) mass is 903 g/mol. The van der Waals surface area contributed by atoms with E-state index in [1.165, 1.54) is 29.9 Å². The Morgan fingerprint density at radius 3 is 2.52 bits per heavy atom. The Bertz CT molecular complexity index is 2990. The average molecular weight is 904 g/mol. The molecule has 6 aromatic rings. The lowest BCUT2D eigenvalue weighted by atomic mass is 10.0. The van der Waals surface area contributed by atoms with Gasteiger partial charge in [0, 0.05) is 43.2 Å². The molecule has 4 heterocycles. The molecule has 3 N–H and O–H groups in total. The molecule has 0 spiro atoms. The minimum atomic E-state index is -3.91. The molecule has 9 rings (SSSR count). The number of nitrogens with zero attached hydrogens (tertiary/aromatic N) is 7. The van der Waals surface area contributed by atoms with Gasteiger partial charge in [0.05, 0.1) is 57.5 Å². The van der Waals surface area contributed by atoms with Crippen LogP contribution in [0.2, 0.25) is 5.02 Å². The number of amides is 1. The molecule has 22 heteroatoms. The van der Waals surface area contributed by atoms with Crippen molar-refractivity contribution in [2.24, 2.45) is 13.0 Å². The molecule has 14 nitrogen and oxygen atoms in total. The van der Waals surface area contributed by atoms with E-state index in [0.717, 1.165) is 29.4 Å². The summed E-state index contributed by atoms with van der Waals surface area (Å²) in [6.45, 7) is -0.539. The summed E-state index contributed by atoms with van der Waals surface area (Å²) in [6, 6.07) is 8.48. The SMILES string of the molecule is Cn1nc(NS(C)(=O)=O)c2c(Cl)ccc(-n3c([C@H](Cc4cc(F)cc(F)c4)NC(=O)Cn4nc(C(F)F)c5c4C(F)(F)[C@@H]4C[C@H]54)nc4cc(N5CCC[C@H]5CO)ccc4c3=O)c21. The third kappa shape index (κ3) is 7.12. The number of hydrogen-bond acceptors (Lipinski definition) is 9. The van der Waals surface area contributed by atoms with Crippen molar-refractivity contribution in [3.63, 3.8) is 0 Å². The lowest BCUT2D eigenvalue weighted by Crippen LogP contribution is -2.38. The van der Waals surface area contributed by atoms with Gasteiger partial charge in [-0.15, -0.1) is 0 Å². The fourth-order valence-corrected chi connectivity index (χ4v) is 9.85. The number of carbonyl (C=O) groups is 1. The molecular formula is C40H36ClF6N9O5S. The molecular weight excluding hydrogens is 868 g/mol. The molecule has 3 aromatic carbocycles. The van der Waals surface area contributed by atoms with E-state index in [-0.39, 0.29) is 74.4 Å². The zero-order valence-corrected chi connectivity index (χ0v) is 34.3. The molecule has 0 unspecified atom stereocenters. The maximum atomic E-state index is 15.5. The van der Waals surface area contributed by atoms with Crippen LogP contribution < -0.4 is 20.5 Å². The summed E-state index contributed by atoms with van der Waals surface area (Å²) in [4.78, 5) is 36.0. The second-order valence-corrected chi connectivity index (χ2v) is 18.1. The molecule has 3 aromatic heterocycles. The highest BCUT2D eigenvalue weighted by Crippen LogP contribution is 2.68. The van der Waals surface area contributed by atoms with Crippen LogP contribution in [0.3, 0.4) is 0 Å². The molecule has 1 saturated carbocycles. The number of aliphatic hydroxyl groups is 1. The van der Waals surface area contributed by atoms with Crippen LogP contribution in [-0.4, -0.2) is 74.0 Å². The Hall–Kier alpha value is -5.67. The van der Waals surface area contributed by atoms with Gasteiger partial charge in [0.2, 0.25) is 15.9 Å². The average Bonchev–Trinajstić information content (AvgIpc) is 3.41. The number of hydrogen-bond donors (Lipinski definition) is 3. The standard InChI is InChI=1S/C40H36ClF6N9O5S/c1-53-34-29(8-7-26(41)32(34)37(51-53)52-62(2,60)61)56-38(49-27-14-21(5-6-23(27)39(56)59)54-9-3-4-22(54)17-57)28(12-18-10-19(42)13-20(43)11-18)48-30(58)16-55-35-31(33(50-55)36(44)45)24-15-25(24)40(35,46)47/h5-8,10-11,13-14,22,24-25,28,36,57H,3-4,9,12,15-17H2,1-2H3,(H,48,58)(H,51,52)/t22-,24-,25+,28-/m0/s1. The van der Waals surface area contributed by atoms with Gasteiger partial charge in [0.25, 0.3) is 17.9 Å². The van der Waals surface area contributed by atoms with Gasteiger partial charge in [0.15, 0.2) is 5.82 Å². The Morgan fingerprint density at radius 2 is 1.82 bits per heavy atom. The van der Waals surface area contributed by atoms with Crippen molar-refractivity contribution in [1.29, 1.82) is 0 Å². The lowest BCUT2D eigenvalue weighted by molar-refractivity contribution is -0.123. The number of aliphatic hydroxyl groups excluding tert-OH is 1. The molecule has 2 aliphatic carbocycles. The summed E-state index contributed by atoms with van der Waals surface area (Å²) < 4.78 is 119. The molecule has 1 aliphatic heterocycles. The van der Waals surface area contributed by atoms with Gasteiger partial charge in [0.1, 0.15) is 35.4 Å². The molecule has 0 radical (unpaired) electrons. The Kier molecular flexibility index (Phi) is 10.1. The summed E-state index contributed by atoms with van der Waals surface area (Å²) in [7, 11) is -2.45. The second-order valence-electron chi connectivity index (χ2n) is 15.9. The third-order valence-corrected chi connectivity index (χ3v) is 12.6. The van der Waals surface area contributed by atoms with Crippen molar-refractivity contribution in [1.82, 2.24) is 34.4 Å². The van der Waals surface area contributed by atoms with Crippen LogP contribution in [0, 0.1) is 17.6 Å². The summed E-state index contributed by atoms with van der Waals surface area (Å²) in [5, 5.41) is 21.0. The van der Waals surface area contributed by atoms with Crippen molar-refractivity contribution >= 4 is 60.8 Å². The molecule has 0 bridgehead atoms. The number of aromatic nitrogens is 6. The van der Waals surface area contributed by atoms with E-state index in [9.17, 15) is 35.9 Å². The van der Waals surface area contributed by atoms with Crippen molar-refractivity contribution in [3.8, 4) is 5.69 Å². The topological polar surface area (TPSA) is 169 Å². The minimum absolute atomic E-state index is 0.00435. The molecule has 1 amide bonds. The van der Waals surface area contributed by atoms with Gasteiger partial charge in [-0.05, 0) is 73.2 Å². The molecule has 62 heavy (non-hydrogen) atoms. The highest BCUT2D eigenvalue weighted by atomic mass is 35.5. The highest BCUT2D eigenvalue weighted by molar-refractivity contribution is 7.92. The van der Waals surface area contributed by atoms with E-state index in [0.29, 0.717) is 29.4 Å². The van der Waals surface area contributed by atoms with Crippen molar-refractivity contribution in [2.75, 3.05) is 29.0 Å². The first-order valence-corrected chi connectivity index (χ1v) is 21.7. The fraction of sp³-hybridized carbons (Fsp3) is 0.375. The van der Waals surface area contributed by atoms with Gasteiger partial charge in [-0.2, -0.15) is 19.0 Å². The van der Waals surface area contributed by atoms with Gasteiger partial charge in [-0.25, -0.2) is 31.0 Å². The second kappa shape index (κ2) is 15.0. The summed E-state index contributed by atoms with van der Waals surface area (Å²) >= 11 is 6.63. The molecule has 3 aliphatic rings. The molecule has 1 saturated heterocycles. The molecule has 4 atom stereocenters. The van der Waals surface area contributed by atoms with E-state index >= 15 is 13.6 Å². The van der Waals surface area contributed by atoms with Gasteiger partial charge < -0.3 is 15.3 Å². The predicted molar refractivity (Wildman–Crippen MR) is 215 cm³/mol. The number of halogens is 7. The normalized spacial score (nSPS) is 19.7. The minimum Gasteiger partial charge on any atom is -0.394 e. The quantitative estimate of drug-likeness (QED) is 0.125. The Balaban J connectivity index is 1.25. The number of benzene rings is 3. The molecule has 2 fully saturated rings. The van der Waals surface area contributed by atoms with E-state index in [2.05, 4.69) is 20.2 Å². The number of sulfonamides is 1. The van der Waals surface area contributed by atoms with Crippen molar-refractivity contribution in [3.05, 3.63) is 104 Å². The number of fused-ring (bicyclic) bond motifs is 5. The number of nitrogens with one attached hydrogen (secondary N) is 2. The van der Waals surface area contributed by atoms with Gasteiger partial charge >= 0.3 is 0 Å². The zero-order chi connectivity index (χ0) is 44.2. The number of aryl methyl sites for hydroxylation is 1. The number of rotatable bonds is 12. The lowest BCUT2D eigenvalue weighted by Gasteiger charge is -2.26. The third-order valence-electron chi connectivity index (χ3n) is 11.7.